The fourth-order valence-electron chi connectivity index (χ4n) is 9.20. The average molecular weight is 530 g/mol. The van der Waals surface area contributed by atoms with Crippen molar-refractivity contribution in [1.29, 1.82) is 0 Å². The first kappa shape index (κ1) is 25.8. The number of hydrogen-bond donors (Lipinski definition) is 5. The molecule has 1 aromatic carbocycles. The van der Waals surface area contributed by atoms with Crippen LogP contribution in [0.25, 0.3) is 0 Å². The Morgan fingerprint density at radius 3 is 2.30 bits per heavy atom. The van der Waals surface area contributed by atoms with E-state index in [1.807, 2.05) is 24.3 Å². The molecule has 5 atom stereocenters. The Morgan fingerprint density at radius 1 is 1.03 bits per heavy atom. The molecule has 204 valence electrons. The van der Waals surface area contributed by atoms with Crippen LogP contribution in [0.1, 0.15) is 83.6 Å². The fraction of sp³-hybridized carbons (Fsp3) is 0.759. The highest BCUT2D eigenvalue weighted by atomic mass is 32.2. The SMILES string of the molecule is CC12CC3CC(C)(C1)CC(NC(=O)NC1CCC(Oc4ccc(C[C@H]5S[C@@H](O)N[C@@H]5O)cc4)CC1)(C3)C2. The van der Waals surface area contributed by atoms with Crippen molar-refractivity contribution in [2.24, 2.45) is 16.7 Å². The zero-order chi connectivity index (χ0) is 25.8. The zero-order valence-electron chi connectivity index (χ0n) is 22.2. The van der Waals surface area contributed by atoms with Gasteiger partial charge in [-0.2, -0.15) is 0 Å². The van der Waals surface area contributed by atoms with Crippen LogP contribution < -0.4 is 20.7 Å². The van der Waals surface area contributed by atoms with Crippen LogP contribution in [0.4, 0.5) is 4.79 Å². The van der Waals surface area contributed by atoms with Crippen LogP contribution in [0, 0.1) is 16.7 Å². The second-order valence-electron chi connectivity index (χ2n) is 13.6. The number of urea groups is 1. The predicted molar refractivity (Wildman–Crippen MR) is 145 cm³/mol. The average Bonchev–Trinajstić information content (AvgIpc) is 3.10. The van der Waals surface area contributed by atoms with Crippen molar-refractivity contribution in [3.8, 4) is 5.75 Å². The van der Waals surface area contributed by atoms with Crippen molar-refractivity contribution in [2.75, 3.05) is 0 Å². The lowest BCUT2D eigenvalue weighted by molar-refractivity contribution is -0.113. The molecule has 6 fully saturated rings. The lowest BCUT2D eigenvalue weighted by Crippen LogP contribution is -2.66. The van der Waals surface area contributed by atoms with Crippen LogP contribution in [-0.4, -0.2) is 51.0 Å². The zero-order valence-corrected chi connectivity index (χ0v) is 23.0. The molecule has 2 amide bonds. The molecule has 1 saturated heterocycles. The molecule has 1 aliphatic heterocycles. The normalized spacial score (nSPS) is 44.5. The van der Waals surface area contributed by atoms with Crippen molar-refractivity contribution >= 4 is 17.8 Å². The maximum absolute atomic E-state index is 13.1. The van der Waals surface area contributed by atoms with Crippen LogP contribution in [0.3, 0.4) is 0 Å². The van der Waals surface area contributed by atoms with E-state index in [2.05, 4.69) is 29.8 Å². The molecule has 6 aliphatic rings. The number of rotatable bonds is 6. The lowest BCUT2D eigenvalue weighted by atomic mass is 9.43. The van der Waals surface area contributed by atoms with Gasteiger partial charge < -0.3 is 25.6 Å². The molecule has 37 heavy (non-hydrogen) atoms. The van der Waals surface area contributed by atoms with E-state index in [1.54, 1.807) is 0 Å². The van der Waals surface area contributed by atoms with Gasteiger partial charge in [-0.05, 0) is 105 Å². The van der Waals surface area contributed by atoms with Gasteiger partial charge in [-0.1, -0.05) is 26.0 Å². The van der Waals surface area contributed by atoms with E-state index in [0.29, 0.717) is 17.3 Å². The molecule has 4 bridgehead atoms. The van der Waals surface area contributed by atoms with Crippen LogP contribution >= 0.6 is 11.8 Å². The van der Waals surface area contributed by atoms with Crippen molar-refractivity contribution in [3.63, 3.8) is 0 Å². The highest BCUT2D eigenvalue weighted by Crippen LogP contribution is 2.66. The van der Waals surface area contributed by atoms with E-state index in [1.165, 1.54) is 31.0 Å². The maximum Gasteiger partial charge on any atom is 0.315 e. The quantitative estimate of drug-likeness (QED) is 0.377. The fourth-order valence-corrected chi connectivity index (χ4v) is 10.3. The monoisotopic (exact) mass is 529 g/mol. The van der Waals surface area contributed by atoms with E-state index in [0.717, 1.165) is 62.2 Å². The largest absolute Gasteiger partial charge is 0.490 e. The Hall–Kier alpha value is -1.48. The van der Waals surface area contributed by atoms with E-state index in [-0.39, 0.29) is 29.0 Å². The molecule has 7 rings (SSSR count). The number of nitrogens with one attached hydrogen (secondary N) is 3. The minimum Gasteiger partial charge on any atom is -0.490 e. The number of ether oxygens (including phenoxy) is 1. The number of hydrogen-bond acceptors (Lipinski definition) is 6. The van der Waals surface area contributed by atoms with E-state index < -0.39 is 11.8 Å². The predicted octanol–water partition coefficient (Wildman–Crippen LogP) is 4.27. The molecule has 5 aliphatic carbocycles. The molecule has 0 radical (unpaired) electrons. The van der Waals surface area contributed by atoms with Crippen LogP contribution in [0.2, 0.25) is 0 Å². The van der Waals surface area contributed by atoms with Crippen LogP contribution in [-0.2, 0) is 6.42 Å². The molecule has 1 heterocycles. The van der Waals surface area contributed by atoms with Crippen molar-refractivity contribution < 1.29 is 19.7 Å². The number of carbonyl (C=O) groups excluding carboxylic acids is 1. The lowest BCUT2D eigenvalue weighted by Gasteiger charge is -2.65. The summed E-state index contributed by atoms with van der Waals surface area (Å²) < 4.78 is 6.25. The highest BCUT2D eigenvalue weighted by Gasteiger charge is 2.60. The van der Waals surface area contributed by atoms with Gasteiger partial charge in [0.05, 0.1) is 11.4 Å². The molecule has 0 spiro atoms. The molecule has 0 aromatic heterocycles. The number of thioether (sulfide) groups is 1. The maximum atomic E-state index is 13.1. The summed E-state index contributed by atoms with van der Waals surface area (Å²) >= 11 is 1.35. The Balaban J connectivity index is 0.953. The van der Waals surface area contributed by atoms with E-state index >= 15 is 0 Å². The first-order valence-corrected chi connectivity index (χ1v) is 15.1. The minimum atomic E-state index is -0.706. The van der Waals surface area contributed by atoms with Crippen LogP contribution in [0.5, 0.6) is 5.75 Å². The molecular weight excluding hydrogens is 486 g/mol. The van der Waals surface area contributed by atoms with Gasteiger partial charge in [0, 0.05) is 11.6 Å². The van der Waals surface area contributed by atoms with E-state index in [4.69, 9.17) is 4.74 Å². The molecular formula is C29H43N3O4S. The van der Waals surface area contributed by atoms with Gasteiger partial charge in [0.15, 0.2) is 5.56 Å². The number of aliphatic hydroxyl groups is 2. The number of carbonyl (C=O) groups is 1. The van der Waals surface area contributed by atoms with Gasteiger partial charge in [-0.3, -0.25) is 5.32 Å². The summed E-state index contributed by atoms with van der Waals surface area (Å²) in [6.07, 6.45) is 11.3. The number of amides is 2. The molecule has 5 saturated carbocycles. The molecule has 5 N–H and O–H groups in total. The topological polar surface area (TPSA) is 103 Å². The van der Waals surface area contributed by atoms with Gasteiger partial charge in [0.25, 0.3) is 0 Å². The first-order valence-electron chi connectivity index (χ1n) is 14.2. The van der Waals surface area contributed by atoms with Crippen molar-refractivity contribution in [1.82, 2.24) is 16.0 Å². The first-order chi connectivity index (χ1) is 17.6. The van der Waals surface area contributed by atoms with Crippen molar-refractivity contribution in [3.05, 3.63) is 29.8 Å². The molecule has 2 unspecified atom stereocenters. The van der Waals surface area contributed by atoms with Gasteiger partial charge >= 0.3 is 6.03 Å². The smallest absolute Gasteiger partial charge is 0.315 e. The van der Waals surface area contributed by atoms with Gasteiger partial charge in [-0.25, -0.2) is 4.79 Å². The summed E-state index contributed by atoms with van der Waals surface area (Å²) in [6, 6.07) is 8.31. The third kappa shape index (κ3) is 5.63. The highest BCUT2D eigenvalue weighted by molar-refractivity contribution is 8.00. The summed E-state index contributed by atoms with van der Waals surface area (Å²) in [7, 11) is 0. The summed E-state index contributed by atoms with van der Waals surface area (Å²) in [4.78, 5) is 13.1. The summed E-state index contributed by atoms with van der Waals surface area (Å²) in [5.74, 6) is 1.63. The summed E-state index contributed by atoms with van der Waals surface area (Å²) in [6.45, 7) is 4.89. The van der Waals surface area contributed by atoms with E-state index in [9.17, 15) is 15.0 Å². The minimum absolute atomic E-state index is 0.00959. The summed E-state index contributed by atoms with van der Waals surface area (Å²) in [5.41, 5.74) is 1.18. The third-order valence-electron chi connectivity index (χ3n) is 9.65. The standard InChI is InChI=1S/C29H43N3O4S/c1-27-12-19-13-28(2,15-27)17-29(14-19,16-27)32-25(34)30-20-5-9-22(10-6-20)36-21-7-3-18(4-8-21)11-23-24(33)31-26(35)37-23/h3-4,7-8,19-20,22-24,26,31,33,35H,5-6,9-17H2,1-2H3,(H2,30,32,34)/t19?,20?,22?,23-,24-,26-,27?,28?,29?/m1/s1. The Morgan fingerprint density at radius 2 is 1.70 bits per heavy atom. The summed E-state index contributed by atoms with van der Waals surface area (Å²) in [5, 5.41) is 29.1. The van der Waals surface area contributed by atoms with Gasteiger partial charge in [0.1, 0.15) is 12.0 Å². The van der Waals surface area contributed by atoms with Gasteiger partial charge in [-0.15, -0.1) is 11.8 Å². The Labute approximate surface area is 224 Å². The second kappa shape index (κ2) is 9.61. The number of aliphatic hydroxyl groups excluding tert-OH is 2. The Bertz CT molecular complexity index is 979. The molecule has 7 nitrogen and oxygen atoms in total. The second-order valence-corrected chi connectivity index (χ2v) is 14.9. The molecule has 8 heteroatoms. The Kier molecular flexibility index (Phi) is 6.70. The third-order valence-corrected chi connectivity index (χ3v) is 10.8. The number of benzene rings is 1. The van der Waals surface area contributed by atoms with Crippen molar-refractivity contribution in [2.45, 2.75) is 119 Å². The molecule has 1 aromatic rings. The van der Waals surface area contributed by atoms with Gasteiger partial charge in [0.2, 0.25) is 0 Å². The van der Waals surface area contributed by atoms with Crippen LogP contribution in [0.15, 0.2) is 24.3 Å².